The number of rotatable bonds is 7. The number of sulfonamides is 1. The first-order valence-corrected chi connectivity index (χ1v) is 8.02. The predicted octanol–water partition coefficient (Wildman–Crippen LogP) is 1.48. The second kappa shape index (κ2) is 5.67. The number of nitrogens with one attached hydrogen (secondary N) is 2. The van der Waals surface area contributed by atoms with E-state index in [0.717, 1.165) is 12.8 Å². The Labute approximate surface area is 106 Å². The van der Waals surface area contributed by atoms with E-state index in [0.29, 0.717) is 19.1 Å². The minimum Gasteiger partial charge on any atom is -0.313 e. The van der Waals surface area contributed by atoms with E-state index in [4.69, 9.17) is 0 Å². The highest BCUT2D eigenvalue weighted by molar-refractivity contribution is 7.90. The first kappa shape index (κ1) is 14.9. The molecule has 1 unspecified atom stereocenters. The van der Waals surface area contributed by atoms with Crippen LogP contribution < -0.4 is 10.0 Å². The summed E-state index contributed by atoms with van der Waals surface area (Å²) in [4.78, 5) is 0. The quantitative estimate of drug-likeness (QED) is 0.731. The summed E-state index contributed by atoms with van der Waals surface area (Å²) in [7, 11) is -3.18. The molecule has 0 amide bonds. The van der Waals surface area contributed by atoms with Crippen molar-refractivity contribution in [1.29, 1.82) is 0 Å². The van der Waals surface area contributed by atoms with Crippen molar-refractivity contribution < 1.29 is 8.42 Å². The van der Waals surface area contributed by atoms with Crippen molar-refractivity contribution in [1.82, 2.24) is 10.0 Å². The second-order valence-corrected chi connectivity index (χ2v) is 8.09. The first-order chi connectivity index (χ1) is 7.75. The van der Waals surface area contributed by atoms with Crippen molar-refractivity contribution in [2.75, 3.05) is 13.1 Å². The van der Waals surface area contributed by atoms with Gasteiger partial charge in [-0.05, 0) is 25.2 Å². The Morgan fingerprint density at radius 1 is 1.24 bits per heavy atom. The fourth-order valence-corrected chi connectivity index (χ4v) is 3.04. The monoisotopic (exact) mass is 262 g/mol. The van der Waals surface area contributed by atoms with E-state index in [1.54, 1.807) is 6.92 Å². The Hall–Kier alpha value is -0.130. The van der Waals surface area contributed by atoms with Gasteiger partial charge < -0.3 is 5.32 Å². The summed E-state index contributed by atoms with van der Waals surface area (Å²) in [5.41, 5.74) is 0.193. The third-order valence-corrected chi connectivity index (χ3v) is 5.38. The summed E-state index contributed by atoms with van der Waals surface area (Å²) in [6.45, 7) is 9.02. The van der Waals surface area contributed by atoms with Crippen molar-refractivity contribution in [3.63, 3.8) is 0 Å². The zero-order valence-corrected chi connectivity index (χ0v) is 12.2. The van der Waals surface area contributed by atoms with E-state index in [9.17, 15) is 8.42 Å². The maximum atomic E-state index is 12.0. The van der Waals surface area contributed by atoms with Gasteiger partial charge >= 0.3 is 0 Å². The molecule has 0 aliphatic heterocycles. The van der Waals surface area contributed by atoms with E-state index >= 15 is 0 Å². The minimum absolute atomic E-state index is 0.193. The summed E-state index contributed by atoms with van der Waals surface area (Å²) in [6.07, 6.45) is 3.49. The molecule has 1 atom stereocenters. The van der Waals surface area contributed by atoms with Gasteiger partial charge in [-0.15, -0.1) is 0 Å². The average Bonchev–Trinajstić information content (AvgIpc) is 2.20. The van der Waals surface area contributed by atoms with E-state index in [1.807, 2.05) is 13.8 Å². The summed E-state index contributed by atoms with van der Waals surface area (Å²) in [5, 5.41) is 2.78. The summed E-state index contributed by atoms with van der Waals surface area (Å²) in [6, 6.07) is 0.316. The van der Waals surface area contributed by atoms with Crippen LogP contribution in [0, 0.1) is 5.41 Å². The molecule has 0 bridgehead atoms. The Morgan fingerprint density at radius 3 is 2.24 bits per heavy atom. The maximum Gasteiger partial charge on any atom is 0.215 e. The predicted molar refractivity (Wildman–Crippen MR) is 71.5 cm³/mol. The molecule has 0 aromatic carbocycles. The van der Waals surface area contributed by atoms with Crippen LogP contribution in [0.1, 0.15) is 47.0 Å². The zero-order chi connectivity index (χ0) is 13.1. The Morgan fingerprint density at radius 2 is 1.82 bits per heavy atom. The van der Waals surface area contributed by atoms with Crippen LogP contribution in [0.15, 0.2) is 0 Å². The summed E-state index contributed by atoms with van der Waals surface area (Å²) < 4.78 is 26.7. The van der Waals surface area contributed by atoms with Crippen LogP contribution in [-0.2, 0) is 10.0 Å². The van der Waals surface area contributed by atoms with Crippen molar-refractivity contribution in [2.24, 2.45) is 5.41 Å². The molecule has 17 heavy (non-hydrogen) atoms. The zero-order valence-electron chi connectivity index (χ0n) is 11.4. The van der Waals surface area contributed by atoms with Crippen LogP contribution >= 0.6 is 0 Å². The van der Waals surface area contributed by atoms with Gasteiger partial charge in [0.2, 0.25) is 10.0 Å². The molecule has 5 heteroatoms. The van der Waals surface area contributed by atoms with Crippen LogP contribution in [0.2, 0.25) is 0 Å². The van der Waals surface area contributed by atoms with Gasteiger partial charge in [-0.1, -0.05) is 27.2 Å². The molecule has 0 aromatic rings. The molecule has 0 aromatic heterocycles. The van der Waals surface area contributed by atoms with Gasteiger partial charge in [-0.2, -0.15) is 0 Å². The van der Waals surface area contributed by atoms with Gasteiger partial charge in [0.1, 0.15) is 0 Å². The lowest BCUT2D eigenvalue weighted by Crippen LogP contribution is -2.45. The Bertz CT molecular complexity index is 334. The largest absolute Gasteiger partial charge is 0.313 e. The van der Waals surface area contributed by atoms with E-state index in [2.05, 4.69) is 17.0 Å². The smallest absolute Gasteiger partial charge is 0.215 e. The summed E-state index contributed by atoms with van der Waals surface area (Å²) in [5.74, 6) is 0. The molecule has 0 radical (unpaired) electrons. The van der Waals surface area contributed by atoms with E-state index < -0.39 is 10.0 Å². The topological polar surface area (TPSA) is 58.2 Å². The van der Waals surface area contributed by atoms with E-state index in [-0.39, 0.29) is 10.7 Å². The Kier molecular flexibility index (Phi) is 4.98. The van der Waals surface area contributed by atoms with Crippen LogP contribution in [-0.4, -0.2) is 32.8 Å². The molecular formula is C12H26N2O2S. The highest BCUT2D eigenvalue weighted by Gasteiger charge is 2.33. The Balaban J connectivity index is 2.38. The van der Waals surface area contributed by atoms with Gasteiger partial charge in [-0.3, -0.25) is 0 Å². The van der Waals surface area contributed by atoms with Gasteiger partial charge in [0.05, 0.1) is 5.25 Å². The van der Waals surface area contributed by atoms with Gasteiger partial charge in [0.25, 0.3) is 0 Å². The first-order valence-electron chi connectivity index (χ1n) is 6.47. The second-order valence-electron chi connectivity index (χ2n) is 5.90. The SMILES string of the molecule is CC(C)NCC(C)S(=O)(=O)NCC1(C)CCC1. The lowest BCUT2D eigenvalue weighted by Gasteiger charge is -2.38. The molecule has 102 valence electrons. The van der Waals surface area contributed by atoms with E-state index in [1.165, 1.54) is 6.42 Å². The van der Waals surface area contributed by atoms with Crippen molar-refractivity contribution in [3.05, 3.63) is 0 Å². The summed E-state index contributed by atoms with van der Waals surface area (Å²) >= 11 is 0. The molecule has 1 aliphatic rings. The van der Waals surface area contributed by atoms with Crippen molar-refractivity contribution in [3.8, 4) is 0 Å². The average molecular weight is 262 g/mol. The fraction of sp³-hybridized carbons (Fsp3) is 1.00. The molecule has 1 saturated carbocycles. The highest BCUT2D eigenvalue weighted by atomic mass is 32.2. The maximum absolute atomic E-state index is 12.0. The molecule has 1 rings (SSSR count). The highest BCUT2D eigenvalue weighted by Crippen LogP contribution is 2.39. The fourth-order valence-electron chi connectivity index (χ4n) is 1.89. The van der Waals surface area contributed by atoms with Gasteiger partial charge in [0.15, 0.2) is 0 Å². The lowest BCUT2D eigenvalue weighted by atomic mass is 9.71. The van der Waals surface area contributed by atoms with Crippen LogP contribution in [0.3, 0.4) is 0 Å². The molecule has 0 heterocycles. The van der Waals surface area contributed by atoms with Gasteiger partial charge in [0, 0.05) is 19.1 Å². The number of hydrogen-bond donors (Lipinski definition) is 2. The standard InChI is InChI=1S/C12H26N2O2S/c1-10(2)13-8-11(3)17(15,16)14-9-12(4)6-5-7-12/h10-11,13-14H,5-9H2,1-4H3. The van der Waals surface area contributed by atoms with Gasteiger partial charge in [-0.25, -0.2) is 13.1 Å². The minimum atomic E-state index is -3.18. The molecule has 0 spiro atoms. The molecule has 1 fully saturated rings. The van der Waals surface area contributed by atoms with Crippen molar-refractivity contribution in [2.45, 2.75) is 58.2 Å². The molecule has 4 nitrogen and oxygen atoms in total. The third kappa shape index (κ3) is 4.56. The van der Waals surface area contributed by atoms with Crippen molar-refractivity contribution >= 4 is 10.0 Å². The molecular weight excluding hydrogens is 236 g/mol. The third-order valence-electron chi connectivity index (χ3n) is 3.60. The van der Waals surface area contributed by atoms with Crippen LogP contribution in [0.4, 0.5) is 0 Å². The lowest BCUT2D eigenvalue weighted by molar-refractivity contribution is 0.166. The molecule has 2 N–H and O–H groups in total. The van der Waals surface area contributed by atoms with Crippen LogP contribution in [0.25, 0.3) is 0 Å². The number of hydrogen-bond acceptors (Lipinski definition) is 3. The molecule has 1 aliphatic carbocycles. The van der Waals surface area contributed by atoms with Crippen LogP contribution in [0.5, 0.6) is 0 Å². The molecule has 0 saturated heterocycles. The normalized spacial score (nSPS) is 21.2.